The topological polar surface area (TPSA) is 87.5 Å². The monoisotopic (exact) mass is 482 g/mol. The smallest absolute Gasteiger partial charge is 0.435 e. The number of fused-ring (bicyclic) bond motifs is 1. The van der Waals surface area contributed by atoms with Crippen LogP contribution in [-0.2, 0) is 35.3 Å². The highest BCUT2D eigenvalue weighted by Gasteiger charge is 2.41. The Balaban J connectivity index is 1.44. The first-order valence-corrected chi connectivity index (χ1v) is 11.3. The number of nitrogens with zero attached hydrogens (tertiary/aromatic N) is 3. The molecule has 1 amide bonds. The predicted molar refractivity (Wildman–Crippen MR) is 113 cm³/mol. The van der Waals surface area contributed by atoms with Gasteiger partial charge in [-0.1, -0.05) is 12.1 Å². The van der Waals surface area contributed by atoms with Gasteiger partial charge in [-0.25, -0.2) is 4.39 Å². The van der Waals surface area contributed by atoms with Gasteiger partial charge in [-0.05, 0) is 49.8 Å². The Bertz CT molecular complexity index is 1040. The van der Waals surface area contributed by atoms with Gasteiger partial charge in [-0.2, -0.15) is 18.3 Å². The van der Waals surface area contributed by atoms with E-state index in [1.54, 1.807) is 0 Å². The van der Waals surface area contributed by atoms with E-state index in [0.717, 1.165) is 0 Å². The first-order valence-electron chi connectivity index (χ1n) is 11.3. The Kier molecular flexibility index (Phi) is 6.92. The third-order valence-electron chi connectivity index (χ3n) is 6.62. The molecule has 1 saturated carbocycles. The average molecular weight is 482 g/mol. The fourth-order valence-corrected chi connectivity index (χ4v) is 4.70. The molecule has 2 heterocycles. The minimum absolute atomic E-state index is 0.00583. The molecule has 0 saturated heterocycles. The average Bonchev–Trinajstić information content (AvgIpc) is 3.17. The molecule has 0 radical (unpaired) electrons. The van der Waals surface area contributed by atoms with Crippen molar-refractivity contribution < 1.29 is 32.3 Å². The second-order valence-electron chi connectivity index (χ2n) is 8.89. The zero-order valence-corrected chi connectivity index (χ0v) is 18.4. The number of rotatable bonds is 6. The summed E-state index contributed by atoms with van der Waals surface area (Å²) in [6.45, 7) is 0.234. The number of aromatic nitrogens is 2. The van der Waals surface area contributed by atoms with Crippen molar-refractivity contribution >= 4 is 11.9 Å². The zero-order valence-electron chi connectivity index (χ0n) is 18.4. The summed E-state index contributed by atoms with van der Waals surface area (Å²) in [6.07, 6.45) is -2.14. The summed E-state index contributed by atoms with van der Waals surface area (Å²) in [5.41, 5.74) is 0.0874. The van der Waals surface area contributed by atoms with E-state index in [0.29, 0.717) is 36.9 Å². The summed E-state index contributed by atoms with van der Waals surface area (Å²) in [5.74, 6) is -1.82. The lowest BCUT2D eigenvalue weighted by atomic mass is 9.86. The molecule has 11 heteroatoms. The van der Waals surface area contributed by atoms with Crippen LogP contribution in [0.25, 0.3) is 0 Å². The van der Waals surface area contributed by atoms with Gasteiger partial charge in [-0.3, -0.25) is 14.3 Å². The normalized spacial score (nSPS) is 20.8. The zero-order chi connectivity index (χ0) is 24.5. The molecule has 2 aliphatic rings. The molecule has 184 valence electrons. The molecule has 1 aliphatic heterocycles. The van der Waals surface area contributed by atoms with Crippen molar-refractivity contribution in [3.05, 3.63) is 52.6 Å². The predicted octanol–water partition coefficient (Wildman–Crippen LogP) is 3.21. The van der Waals surface area contributed by atoms with E-state index >= 15 is 0 Å². The van der Waals surface area contributed by atoms with Gasteiger partial charge in [0, 0.05) is 18.2 Å². The summed E-state index contributed by atoms with van der Waals surface area (Å²) in [4.78, 5) is 25.4. The molecule has 7 nitrogen and oxygen atoms in total. The van der Waals surface area contributed by atoms with Crippen LogP contribution in [-0.4, -0.2) is 50.8 Å². The maximum absolute atomic E-state index is 13.6. The number of carboxylic acids is 1. The van der Waals surface area contributed by atoms with E-state index in [1.807, 2.05) is 0 Å². The summed E-state index contributed by atoms with van der Waals surface area (Å²) >= 11 is 0. The molecule has 0 unspecified atom stereocenters. The first kappa shape index (κ1) is 24.2. The Labute approximate surface area is 193 Å². The van der Waals surface area contributed by atoms with Gasteiger partial charge in [0.25, 0.3) is 0 Å². The van der Waals surface area contributed by atoms with Crippen molar-refractivity contribution in [3.8, 4) is 0 Å². The largest absolute Gasteiger partial charge is 0.481 e. The van der Waals surface area contributed by atoms with Crippen molar-refractivity contribution in [2.45, 2.75) is 57.4 Å². The molecule has 1 aromatic carbocycles. The van der Waals surface area contributed by atoms with Crippen molar-refractivity contribution in [1.82, 2.24) is 20.0 Å². The van der Waals surface area contributed by atoms with Crippen LogP contribution in [0.15, 0.2) is 24.3 Å². The summed E-state index contributed by atoms with van der Waals surface area (Å²) in [7, 11) is 0. The first-order chi connectivity index (χ1) is 16.1. The van der Waals surface area contributed by atoms with E-state index in [4.69, 9.17) is 5.11 Å². The highest BCUT2D eigenvalue weighted by molar-refractivity contribution is 5.78. The van der Waals surface area contributed by atoms with Gasteiger partial charge in [-0.15, -0.1) is 0 Å². The maximum atomic E-state index is 13.6. The van der Waals surface area contributed by atoms with Crippen molar-refractivity contribution in [3.63, 3.8) is 0 Å². The highest BCUT2D eigenvalue weighted by atomic mass is 19.4. The molecule has 0 bridgehead atoms. The van der Waals surface area contributed by atoms with E-state index in [-0.39, 0.29) is 56.0 Å². The number of hydrogen-bond acceptors (Lipinski definition) is 4. The van der Waals surface area contributed by atoms with Crippen LogP contribution in [0.1, 0.15) is 48.2 Å². The number of carbonyl (C=O) groups excluding carboxylic acids is 1. The minimum atomic E-state index is -4.61. The molecule has 1 aliphatic carbocycles. The van der Waals surface area contributed by atoms with E-state index in [9.17, 15) is 27.2 Å². The number of carbonyl (C=O) groups is 2. The van der Waals surface area contributed by atoms with Gasteiger partial charge in [0.2, 0.25) is 5.91 Å². The summed E-state index contributed by atoms with van der Waals surface area (Å²) < 4.78 is 55.2. The van der Waals surface area contributed by atoms with Crippen LogP contribution >= 0.6 is 0 Å². The van der Waals surface area contributed by atoms with Crippen LogP contribution in [0, 0.1) is 11.7 Å². The lowest BCUT2D eigenvalue weighted by molar-refractivity contribution is -0.143. The molecule has 2 N–H and O–H groups in total. The van der Waals surface area contributed by atoms with Crippen LogP contribution in [0.4, 0.5) is 17.6 Å². The lowest BCUT2D eigenvalue weighted by Gasteiger charge is -2.30. The van der Waals surface area contributed by atoms with Gasteiger partial charge in [0.15, 0.2) is 5.69 Å². The second kappa shape index (κ2) is 9.73. The highest BCUT2D eigenvalue weighted by Crippen LogP contribution is 2.35. The number of hydrogen-bond donors (Lipinski definition) is 2. The number of carboxylic acid groups (broad SMARTS) is 1. The number of nitrogens with one attached hydrogen (secondary N) is 1. The molecular weight excluding hydrogens is 456 g/mol. The van der Waals surface area contributed by atoms with Gasteiger partial charge in [0.1, 0.15) is 5.82 Å². The van der Waals surface area contributed by atoms with E-state index in [1.165, 1.54) is 33.8 Å². The quantitative estimate of drug-likeness (QED) is 0.618. The Morgan fingerprint density at radius 3 is 2.41 bits per heavy atom. The molecule has 2 aromatic rings. The SMILES string of the molecule is O=C(CN[C@H]1CC[C@H](C(=O)O)CC1)N1CCc2c(C(F)(F)F)nn(Cc3ccc(F)cc3)c2C1. The van der Waals surface area contributed by atoms with Crippen LogP contribution < -0.4 is 5.32 Å². The van der Waals surface area contributed by atoms with Crippen LogP contribution in [0.2, 0.25) is 0 Å². The molecular formula is C23H26F4N4O3. The Morgan fingerprint density at radius 1 is 1.12 bits per heavy atom. The van der Waals surface area contributed by atoms with Crippen molar-refractivity contribution in [1.29, 1.82) is 0 Å². The summed E-state index contributed by atoms with van der Waals surface area (Å²) in [6, 6.07) is 5.50. The number of halogens is 4. The van der Waals surface area contributed by atoms with Gasteiger partial charge >= 0.3 is 12.1 Å². The maximum Gasteiger partial charge on any atom is 0.435 e. The van der Waals surface area contributed by atoms with Gasteiger partial charge in [0.05, 0.1) is 31.2 Å². The van der Waals surface area contributed by atoms with Crippen molar-refractivity contribution in [2.24, 2.45) is 5.92 Å². The molecule has 0 spiro atoms. The lowest BCUT2D eigenvalue weighted by Crippen LogP contribution is -2.45. The number of alkyl halides is 3. The molecule has 1 aromatic heterocycles. The number of aliphatic carboxylic acids is 1. The summed E-state index contributed by atoms with van der Waals surface area (Å²) in [5, 5.41) is 16.1. The Hall–Kier alpha value is -2.95. The third-order valence-corrected chi connectivity index (χ3v) is 6.62. The number of amides is 1. The van der Waals surface area contributed by atoms with E-state index < -0.39 is 23.7 Å². The fraction of sp³-hybridized carbons (Fsp3) is 0.522. The van der Waals surface area contributed by atoms with Crippen LogP contribution in [0.5, 0.6) is 0 Å². The molecule has 0 atom stereocenters. The fourth-order valence-electron chi connectivity index (χ4n) is 4.70. The number of benzene rings is 1. The minimum Gasteiger partial charge on any atom is -0.481 e. The van der Waals surface area contributed by atoms with Crippen molar-refractivity contribution in [2.75, 3.05) is 13.1 Å². The molecule has 1 fully saturated rings. The molecule has 4 rings (SSSR count). The Morgan fingerprint density at radius 2 is 1.79 bits per heavy atom. The third kappa shape index (κ3) is 5.40. The van der Waals surface area contributed by atoms with E-state index in [2.05, 4.69) is 10.4 Å². The molecule has 34 heavy (non-hydrogen) atoms. The van der Waals surface area contributed by atoms with Gasteiger partial charge < -0.3 is 15.3 Å². The van der Waals surface area contributed by atoms with Crippen LogP contribution in [0.3, 0.4) is 0 Å². The second-order valence-corrected chi connectivity index (χ2v) is 8.89. The standard InChI is InChI=1S/C23H26F4N4O3/c24-16-5-1-14(2-6-16)12-31-19-13-30(10-9-18(19)21(29-31)23(25,26)27)20(32)11-28-17-7-3-15(4-8-17)22(33)34/h1-2,5-6,15,17,28H,3-4,7-13H2,(H,33,34)/t15-,17-.